The van der Waals surface area contributed by atoms with Crippen LogP contribution in [0.25, 0.3) is 10.8 Å². The molecule has 0 spiro atoms. The van der Waals surface area contributed by atoms with Crippen molar-refractivity contribution in [1.29, 1.82) is 0 Å². The first-order valence-electron chi connectivity index (χ1n) is 20.4. The minimum absolute atomic E-state index is 0.174. The van der Waals surface area contributed by atoms with Crippen LogP contribution >= 0.6 is 0 Å². The number of rotatable bonds is 25. The first kappa shape index (κ1) is 44.4. The third-order valence-corrected chi connectivity index (χ3v) is 8.79. The lowest BCUT2D eigenvalue weighted by atomic mass is 9.97. The molecule has 5 rings (SSSR count). The molecule has 1 aromatic heterocycles. The minimum Gasteiger partial charge on any atom is -0.385 e. The fraction of sp³-hybridized carbons (Fsp3) is 0.422. The van der Waals surface area contributed by atoms with E-state index in [9.17, 15) is 4.79 Å². The standard InChI is InChI=1S/C43H56N8O4.C2H6/c1-4-25-53-29-30-55-27-23-45-40(52)36-17-19-38(20-18-36)47-42-49-41(50-43(51-42)48-39-21-16-35-10-6-7-11-37(35)31-39)46-24-28-54-26-9-5-8-22-44-33(3)34-14-12-32(2)13-15-34;1-2/h6-7,10-12,14-21,31-32,44H,3-5,8-9,13,22-30H2,1-2H3,(H,45,52)(H3,46,47,48,49,50,51);1-2H3. The van der Waals surface area contributed by atoms with E-state index < -0.39 is 0 Å². The van der Waals surface area contributed by atoms with Crippen LogP contribution < -0.4 is 26.6 Å². The molecular weight excluding hydrogens is 717 g/mol. The number of nitrogens with one attached hydrogen (secondary N) is 5. The summed E-state index contributed by atoms with van der Waals surface area (Å²) in [6, 6.07) is 21.4. The van der Waals surface area contributed by atoms with E-state index in [-0.39, 0.29) is 5.91 Å². The topological polar surface area (TPSA) is 144 Å². The summed E-state index contributed by atoms with van der Waals surface area (Å²) in [4.78, 5) is 26.5. The molecule has 5 N–H and O–H groups in total. The Morgan fingerprint density at radius 3 is 2.12 bits per heavy atom. The van der Waals surface area contributed by atoms with E-state index in [1.165, 1.54) is 5.57 Å². The summed E-state index contributed by atoms with van der Waals surface area (Å²) in [5.41, 5.74) is 4.31. The maximum Gasteiger partial charge on any atom is 0.251 e. The Balaban J connectivity index is 0.00000354. The number of unbranched alkanes of at least 4 members (excludes halogenated alkanes) is 2. The first-order chi connectivity index (χ1) is 28.0. The zero-order valence-corrected chi connectivity index (χ0v) is 34.2. The van der Waals surface area contributed by atoms with Crippen molar-refractivity contribution in [1.82, 2.24) is 25.6 Å². The Kier molecular flexibility index (Phi) is 20.1. The summed E-state index contributed by atoms with van der Waals surface area (Å²) in [5.74, 6) is 1.56. The molecule has 1 unspecified atom stereocenters. The molecule has 0 fully saturated rings. The lowest BCUT2D eigenvalue weighted by Crippen LogP contribution is -2.27. The molecule has 12 nitrogen and oxygen atoms in total. The van der Waals surface area contributed by atoms with Crippen LogP contribution in [0.2, 0.25) is 0 Å². The Morgan fingerprint density at radius 2 is 1.39 bits per heavy atom. The maximum atomic E-state index is 12.7. The van der Waals surface area contributed by atoms with Crippen molar-refractivity contribution in [3.05, 3.63) is 108 Å². The molecule has 0 saturated carbocycles. The summed E-state index contributed by atoms with van der Waals surface area (Å²) in [6.07, 6.45) is 11.8. The Labute approximate surface area is 339 Å². The van der Waals surface area contributed by atoms with Crippen molar-refractivity contribution >= 4 is 45.9 Å². The van der Waals surface area contributed by atoms with E-state index in [1.54, 1.807) is 12.1 Å². The summed E-state index contributed by atoms with van der Waals surface area (Å²) in [6.45, 7) is 17.7. The molecular formula is C45H62N8O4. The van der Waals surface area contributed by atoms with E-state index in [2.05, 4.69) is 104 Å². The maximum absolute atomic E-state index is 12.7. The number of carbonyl (C=O) groups excluding carboxylic acids is 1. The molecule has 1 aliphatic rings. The largest absolute Gasteiger partial charge is 0.385 e. The van der Waals surface area contributed by atoms with Gasteiger partial charge < -0.3 is 40.8 Å². The number of nitrogens with zero attached hydrogens (tertiary/aromatic N) is 3. The molecule has 1 atom stereocenters. The monoisotopic (exact) mass is 778 g/mol. The number of ether oxygens (including phenoxy) is 3. The van der Waals surface area contributed by atoms with Crippen LogP contribution in [0.15, 0.2) is 103 Å². The smallest absolute Gasteiger partial charge is 0.251 e. The van der Waals surface area contributed by atoms with Crippen LogP contribution in [0, 0.1) is 5.92 Å². The van der Waals surface area contributed by atoms with Gasteiger partial charge in [0.15, 0.2) is 0 Å². The van der Waals surface area contributed by atoms with Gasteiger partial charge in [-0.25, -0.2) is 0 Å². The number of benzene rings is 3. The van der Waals surface area contributed by atoms with Crippen LogP contribution in [-0.4, -0.2) is 80.1 Å². The predicted octanol–water partition coefficient (Wildman–Crippen LogP) is 8.94. The first-order valence-corrected chi connectivity index (χ1v) is 20.4. The van der Waals surface area contributed by atoms with E-state index in [4.69, 9.17) is 14.2 Å². The van der Waals surface area contributed by atoms with Gasteiger partial charge in [-0.15, -0.1) is 0 Å². The van der Waals surface area contributed by atoms with Gasteiger partial charge in [-0.1, -0.05) is 82.8 Å². The zero-order chi connectivity index (χ0) is 40.5. The van der Waals surface area contributed by atoms with Gasteiger partial charge in [0, 0.05) is 55.5 Å². The van der Waals surface area contributed by atoms with Crippen molar-refractivity contribution < 1.29 is 19.0 Å². The van der Waals surface area contributed by atoms with Gasteiger partial charge in [0.1, 0.15) is 0 Å². The Bertz CT molecular complexity index is 1860. The highest BCUT2D eigenvalue weighted by Gasteiger charge is 2.11. The lowest BCUT2D eigenvalue weighted by Gasteiger charge is -2.15. The SMILES string of the molecule is C=C(NCCCCCOCCNc1nc(Nc2ccc(C(=O)NCCOCCOCCC)cc2)nc(Nc2ccc3ccccc3c2)n1)C1=CCC(C)C=C1.CC. The fourth-order valence-corrected chi connectivity index (χ4v) is 5.74. The molecule has 1 aliphatic carbocycles. The second kappa shape index (κ2) is 25.8. The van der Waals surface area contributed by atoms with Gasteiger partial charge in [0.2, 0.25) is 17.8 Å². The van der Waals surface area contributed by atoms with Crippen molar-refractivity contribution in [2.45, 2.75) is 59.8 Å². The molecule has 0 aliphatic heterocycles. The van der Waals surface area contributed by atoms with E-state index >= 15 is 0 Å². The number of hydrogen-bond acceptors (Lipinski definition) is 11. The van der Waals surface area contributed by atoms with Gasteiger partial charge in [-0.05, 0) is 90.8 Å². The highest BCUT2D eigenvalue weighted by atomic mass is 16.5. The Morgan fingerprint density at radius 1 is 0.719 bits per heavy atom. The number of aromatic nitrogens is 3. The summed E-state index contributed by atoms with van der Waals surface area (Å²) in [7, 11) is 0. The van der Waals surface area contributed by atoms with Crippen LogP contribution in [0.3, 0.4) is 0 Å². The van der Waals surface area contributed by atoms with Crippen LogP contribution in [0.5, 0.6) is 0 Å². The van der Waals surface area contributed by atoms with Gasteiger partial charge in [0.05, 0.1) is 26.4 Å². The summed E-state index contributed by atoms with van der Waals surface area (Å²) < 4.78 is 16.8. The fourth-order valence-electron chi connectivity index (χ4n) is 5.74. The molecule has 306 valence electrons. The average molecular weight is 779 g/mol. The molecule has 4 aromatic rings. The molecule has 12 heteroatoms. The predicted molar refractivity (Wildman–Crippen MR) is 234 cm³/mol. The highest BCUT2D eigenvalue weighted by molar-refractivity contribution is 5.94. The number of amides is 1. The number of allylic oxidation sites excluding steroid dienone is 3. The zero-order valence-electron chi connectivity index (χ0n) is 34.2. The molecule has 3 aromatic carbocycles. The lowest BCUT2D eigenvalue weighted by molar-refractivity contribution is 0.0485. The molecule has 57 heavy (non-hydrogen) atoms. The van der Waals surface area contributed by atoms with Crippen molar-refractivity contribution in [3.8, 4) is 0 Å². The summed E-state index contributed by atoms with van der Waals surface area (Å²) >= 11 is 0. The van der Waals surface area contributed by atoms with Crippen LogP contribution in [0.1, 0.15) is 70.2 Å². The van der Waals surface area contributed by atoms with E-state index in [0.717, 1.165) is 73.1 Å². The number of anilines is 5. The third kappa shape index (κ3) is 16.4. The van der Waals surface area contributed by atoms with Gasteiger partial charge in [-0.3, -0.25) is 4.79 Å². The van der Waals surface area contributed by atoms with Crippen molar-refractivity contribution in [3.63, 3.8) is 0 Å². The van der Waals surface area contributed by atoms with E-state index in [0.29, 0.717) is 75.5 Å². The number of hydrogen-bond donors (Lipinski definition) is 5. The second-order valence-electron chi connectivity index (χ2n) is 13.4. The van der Waals surface area contributed by atoms with Gasteiger partial charge in [0.25, 0.3) is 5.91 Å². The quantitative estimate of drug-likeness (QED) is 0.0412. The molecule has 0 radical (unpaired) electrons. The highest BCUT2D eigenvalue weighted by Crippen LogP contribution is 2.23. The molecule has 1 heterocycles. The van der Waals surface area contributed by atoms with Crippen LogP contribution in [-0.2, 0) is 14.2 Å². The molecule has 1 amide bonds. The second-order valence-corrected chi connectivity index (χ2v) is 13.4. The Hall–Kier alpha value is -5.30. The van der Waals surface area contributed by atoms with Crippen molar-refractivity contribution in [2.24, 2.45) is 5.92 Å². The van der Waals surface area contributed by atoms with E-state index in [1.807, 2.05) is 44.2 Å². The van der Waals surface area contributed by atoms with Crippen molar-refractivity contribution in [2.75, 3.05) is 75.2 Å². The van der Waals surface area contributed by atoms with Gasteiger partial charge in [-0.2, -0.15) is 15.0 Å². The molecule has 0 bridgehead atoms. The molecule has 0 saturated heterocycles. The van der Waals surface area contributed by atoms with Crippen LogP contribution in [0.4, 0.5) is 29.2 Å². The normalized spacial score (nSPS) is 13.3. The number of carbonyl (C=O) groups is 1. The summed E-state index contributed by atoms with van der Waals surface area (Å²) in [5, 5.41) is 18.5. The van der Waals surface area contributed by atoms with Gasteiger partial charge >= 0.3 is 0 Å². The number of fused-ring (bicyclic) bond motifs is 1. The minimum atomic E-state index is -0.174. The third-order valence-electron chi connectivity index (χ3n) is 8.79. The average Bonchev–Trinajstić information content (AvgIpc) is 3.23.